The van der Waals surface area contributed by atoms with Crippen molar-refractivity contribution in [2.45, 2.75) is 32.0 Å². The van der Waals surface area contributed by atoms with Gasteiger partial charge in [0.1, 0.15) is 11.6 Å². The quantitative estimate of drug-likeness (QED) is 0.542. The smallest absolute Gasteiger partial charge is 0.275 e. The van der Waals surface area contributed by atoms with Crippen LogP contribution in [-0.4, -0.2) is 54.8 Å². The maximum atomic E-state index is 14.5. The van der Waals surface area contributed by atoms with E-state index in [0.717, 1.165) is 24.1 Å². The number of halogens is 1. The molecule has 6 nitrogen and oxygen atoms in total. The van der Waals surface area contributed by atoms with Crippen LogP contribution in [0.1, 0.15) is 35.2 Å². The summed E-state index contributed by atoms with van der Waals surface area (Å²) < 4.78 is 26.0. The van der Waals surface area contributed by atoms with Crippen LogP contribution >= 0.6 is 0 Å². The third-order valence-electron chi connectivity index (χ3n) is 6.85. The van der Waals surface area contributed by atoms with Gasteiger partial charge >= 0.3 is 0 Å². The Morgan fingerprint density at radius 1 is 1.06 bits per heavy atom. The van der Waals surface area contributed by atoms with Crippen molar-refractivity contribution in [2.75, 3.05) is 32.8 Å². The van der Waals surface area contributed by atoms with Crippen LogP contribution in [0.4, 0.5) is 4.39 Å². The number of hydrogen-bond donors (Lipinski definition) is 1. The largest absolute Gasteiger partial charge is 0.481 e. The summed E-state index contributed by atoms with van der Waals surface area (Å²) in [5.41, 5.74) is 7.12. The summed E-state index contributed by atoms with van der Waals surface area (Å²) in [4.78, 5) is 15.0. The molecule has 7 heteroatoms. The van der Waals surface area contributed by atoms with Crippen LogP contribution in [0, 0.1) is 5.82 Å². The summed E-state index contributed by atoms with van der Waals surface area (Å²) in [5, 5.41) is 1.87. The Morgan fingerprint density at radius 3 is 2.58 bits per heavy atom. The van der Waals surface area contributed by atoms with Crippen molar-refractivity contribution in [3.05, 3.63) is 101 Å². The fourth-order valence-electron chi connectivity index (χ4n) is 4.94. The Kier molecular flexibility index (Phi) is 7.60. The molecule has 1 amide bonds. The molecule has 0 saturated carbocycles. The lowest BCUT2D eigenvalue weighted by Crippen LogP contribution is -2.51. The van der Waals surface area contributed by atoms with Crippen LogP contribution in [0.3, 0.4) is 0 Å². The number of morpholine rings is 1. The molecule has 0 aromatic heterocycles. The van der Waals surface area contributed by atoms with Gasteiger partial charge in [-0.2, -0.15) is 0 Å². The summed E-state index contributed by atoms with van der Waals surface area (Å²) in [6.07, 6.45) is 0.208. The second-order valence-corrected chi connectivity index (χ2v) is 9.32. The summed E-state index contributed by atoms with van der Waals surface area (Å²) in [7, 11) is 0. The van der Waals surface area contributed by atoms with Gasteiger partial charge in [0.2, 0.25) is 0 Å². The van der Waals surface area contributed by atoms with Crippen molar-refractivity contribution < 1.29 is 18.7 Å². The molecule has 3 aromatic carbocycles. The molecule has 1 N–H and O–H groups in total. The van der Waals surface area contributed by atoms with E-state index < -0.39 is 6.10 Å². The summed E-state index contributed by atoms with van der Waals surface area (Å²) in [6.45, 7) is 5.61. The number of ether oxygens (including phenoxy) is 2. The van der Waals surface area contributed by atoms with Gasteiger partial charge in [0.25, 0.3) is 5.91 Å². The molecule has 0 unspecified atom stereocenters. The molecule has 5 rings (SSSR count). The number of carbonyl (C=O) groups is 1. The molecule has 3 aromatic rings. The fraction of sp³-hybridized carbons (Fsp3) is 0.345. The van der Waals surface area contributed by atoms with E-state index in [9.17, 15) is 9.18 Å². The van der Waals surface area contributed by atoms with E-state index in [4.69, 9.17) is 9.47 Å². The average molecular weight is 490 g/mol. The van der Waals surface area contributed by atoms with Crippen LogP contribution in [0.15, 0.2) is 72.8 Å². The van der Waals surface area contributed by atoms with Crippen LogP contribution in [0.2, 0.25) is 0 Å². The van der Waals surface area contributed by atoms with E-state index >= 15 is 0 Å². The third kappa shape index (κ3) is 5.59. The number of hydrazine groups is 1. The predicted molar refractivity (Wildman–Crippen MR) is 136 cm³/mol. The highest BCUT2D eigenvalue weighted by atomic mass is 19.1. The molecule has 1 saturated heterocycles. The highest BCUT2D eigenvalue weighted by molar-refractivity contribution is 5.80. The molecular formula is C29H32FN3O3. The van der Waals surface area contributed by atoms with Crippen molar-refractivity contribution in [3.8, 4) is 5.75 Å². The number of nitrogens with one attached hydrogen (secondary N) is 1. The van der Waals surface area contributed by atoms with Gasteiger partial charge in [0, 0.05) is 31.7 Å². The first kappa shape index (κ1) is 24.4. The molecule has 0 radical (unpaired) electrons. The topological polar surface area (TPSA) is 54.0 Å². The molecule has 36 heavy (non-hydrogen) atoms. The normalized spacial score (nSPS) is 19.3. The maximum Gasteiger partial charge on any atom is 0.275 e. The Morgan fingerprint density at radius 2 is 1.81 bits per heavy atom. The Bertz CT molecular complexity index is 1180. The Hall–Kier alpha value is -3.26. The van der Waals surface area contributed by atoms with Crippen molar-refractivity contribution in [1.82, 2.24) is 15.3 Å². The minimum absolute atomic E-state index is 0.0458. The lowest BCUT2D eigenvalue weighted by molar-refractivity contribution is -0.134. The molecule has 2 aliphatic heterocycles. The molecule has 2 aliphatic rings. The number of hydrogen-bond acceptors (Lipinski definition) is 5. The fourth-order valence-corrected chi connectivity index (χ4v) is 4.94. The minimum atomic E-state index is -0.654. The second kappa shape index (κ2) is 11.2. The lowest BCUT2D eigenvalue weighted by atomic mass is 9.87. The van der Waals surface area contributed by atoms with Gasteiger partial charge < -0.3 is 9.47 Å². The standard InChI is InChI=1S/C29H32FN3O3/c1-21(29(34)31-33-15-17-35-18-16-33)36-25-12-11-22-13-14-32(20-24-9-5-6-10-27(24)30)28(26(22)19-25)23-7-3-2-4-8-23/h2-12,19,21,28H,13-18,20H2,1H3,(H,31,34)/t21-,28+/m1/s1. The van der Waals surface area contributed by atoms with E-state index in [2.05, 4.69) is 28.5 Å². The molecule has 0 bridgehead atoms. The van der Waals surface area contributed by atoms with Gasteiger partial charge in [-0.1, -0.05) is 54.6 Å². The van der Waals surface area contributed by atoms with Gasteiger partial charge in [-0.15, -0.1) is 0 Å². The second-order valence-electron chi connectivity index (χ2n) is 9.32. The molecular weight excluding hydrogens is 457 g/mol. The SMILES string of the molecule is C[C@@H](Oc1ccc2c(c1)[C@H](c1ccccc1)N(Cc1ccccc1F)CC2)C(=O)NN1CCOCC1. The molecule has 0 aliphatic carbocycles. The number of amides is 1. The van der Waals surface area contributed by atoms with E-state index in [1.54, 1.807) is 13.0 Å². The van der Waals surface area contributed by atoms with E-state index in [1.165, 1.54) is 11.6 Å². The predicted octanol–water partition coefficient (Wildman–Crippen LogP) is 4.10. The van der Waals surface area contributed by atoms with Crippen molar-refractivity contribution in [2.24, 2.45) is 0 Å². The maximum absolute atomic E-state index is 14.5. The number of fused-ring (bicyclic) bond motifs is 1. The summed E-state index contributed by atoms with van der Waals surface area (Å²) in [6, 6.07) is 23.3. The molecule has 0 spiro atoms. The van der Waals surface area contributed by atoms with E-state index in [1.807, 2.05) is 47.5 Å². The van der Waals surface area contributed by atoms with Crippen LogP contribution < -0.4 is 10.2 Å². The van der Waals surface area contributed by atoms with Gasteiger partial charge in [-0.3, -0.25) is 15.1 Å². The van der Waals surface area contributed by atoms with E-state index in [-0.39, 0.29) is 17.8 Å². The van der Waals surface area contributed by atoms with Crippen LogP contribution in [0.25, 0.3) is 0 Å². The van der Waals surface area contributed by atoms with Crippen LogP contribution in [-0.2, 0) is 22.5 Å². The van der Waals surface area contributed by atoms with Crippen LogP contribution in [0.5, 0.6) is 5.75 Å². The van der Waals surface area contributed by atoms with Gasteiger partial charge in [-0.05, 0) is 48.2 Å². The highest BCUT2D eigenvalue weighted by Crippen LogP contribution is 2.38. The highest BCUT2D eigenvalue weighted by Gasteiger charge is 2.30. The van der Waals surface area contributed by atoms with E-state index in [0.29, 0.717) is 44.2 Å². The van der Waals surface area contributed by atoms with Gasteiger partial charge in [-0.25, -0.2) is 9.40 Å². The Labute approximate surface area is 211 Å². The molecule has 188 valence electrons. The molecule has 2 heterocycles. The third-order valence-corrected chi connectivity index (χ3v) is 6.85. The zero-order chi connectivity index (χ0) is 24.9. The zero-order valence-electron chi connectivity index (χ0n) is 20.5. The number of nitrogens with zero attached hydrogens (tertiary/aromatic N) is 2. The Balaban J connectivity index is 1.38. The summed E-state index contributed by atoms with van der Waals surface area (Å²) in [5.74, 6) is 0.273. The zero-order valence-corrected chi connectivity index (χ0v) is 20.5. The minimum Gasteiger partial charge on any atom is -0.481 e. The first-order valence-electron chi connectivity index (χ1n) is 12.5. The molecule has 2 atom stereocenters. The molecule has 1 fully saturated rings. The van der Waals surface area contributed by atoms with Gasteiger partial charge in [0.05, 0.1) is 19.3 Å². The van der Waals surface area contributed by atoms with Crippen molar-refractivity contribution >= 4 is 5.91 Å². The van der Waals surface area contributed by atoms with Crippen molar-refractivity contribution in [3.63, 3.8) is 0 Å². The average Bonchev–Trinajstić information content (AvgIpc) is 2.91. The van der Waals surface area contributed by atoms with Gasteiger partial charge in [0.15, 0.2) is 6.10 Å². The van der Waals surface area contributed by atoms with Crippen molar-refractivity contribution in [1.29, 1.82) is 0 Å². The lowest BCUT2D eigenvalue weighted by Gasteiger charge is -2.38. The number of rotatable bonds is 7. The first-order chi connectivity index (χ1) is 17.6. The first-order valence-corrected chi connectivity index (χ1v) is 12.5. The summed E-state index contributed by atoms with van der Waals surface area (Å²) >= 11 is 0. The number of carbonyl (C=O) groups excluding carboxylic acids is 1. The number of benzene rings is 3. The monoisotopic (exact) mass is 489 g/mol.